The lowest BCUT2D eigenvalue weighted by atomic mass is 9.79. The molecule has 2 N–H and O–H groups in total. The number of likely N-dealkylation sites (tertiary alicyclic amines) is 1. The fourth-order valence-electron chi connectivity index (χ4n) is 6.37. The van der Waals surface area contributed by atoms with Crippen LogP contribution in [0.3, 0.4) is 0 Å². The van der Waals surface area contributed by atoms with Crippen LogP contribution >= 0.6 is 11.6 Å². The van der Waals surface area contributed by atoms with Gasteiger partial charge in [-0.05, 0) is 57.5 Å². The molecule has 5 heterocycles. The molecule has 1 spiro atoms. The minimum Gasteiger partial charge on any atom is -0.460 e. The van der Waals surface area contributed by atoms with E-state index in [2.05, 4.69) is 37.3 Å². The summed E-state index contributed by atoms with van der Waals surface area (Å²) in [5, 5.41) is 12.4. The summed E-state index contributed by atoms with van der Waals surface area (Å²) < 4.78 is 22.9. The molecule has 0 bridgehead atoms. The highest BCUT2D eigenvalue weighted by Crippen LogP contribution is 2.45. The van der Waals surface area contributed by atoms with E-state index in [4.69, 9.17) is 21.3 Å². The van der Waals surface area contributed by atoms with E-state index in [0.29, 0.717) is 21.8 Å². The van der Waals surface area contributed by atoms with E-state index in [1.54, 1.807) is 6.20 Å². The lowest BCUT2D eigenvalue weighted by Gasteiger charge is -2.48. The molecule has 0 radical (unpaired) electrons. The first-order valence-electron chi connectivity index (χ1n) is 13.3. The average Bonchev–Trinajstić information content (AvgIpc) is 3.56. The number of aromatic nitrogens is 4. The van der Waals surface area contributed by atoms with Gasteiger partial charge in [-0.2, -0.15) is 15.1 Å². The van der Waals surface area contributed by atoms with Gasteiger partial charge in [0.2, 0.25) is 0 Å². The fourth-order valence-corrected chi connectivity index (χ4v) is 6.66. The number of aromatic amines is 1. The van der Waals surface area contributed by atoms with Crippen LogP contribution in [-0.4, -0.2) is 77.5 Å². The van der Waals surface area contributed by atoms with Gasteiger partial charge in [0.15, 0.2) is 5.82 Å². The second-order valence-electron chi connectivity index (χ2n) is 11.3. The molecule has 0 saturated carbocycles. The van der Waals surface area contributed by atoms with E-state index in [0.717, 1.165) is 80.6 Å². The summed E-state index contributed by atoms with van der Waals surface area (Å²) in [6.45, 7) is 7.63. The van der Waals surface area contributed by atoms with Crippen molar-refractivity contribution in [3.05, 3.63) is 40.8 Å². The van der Waals surface area contributed by atoms with Crippen molar-refractivity contribution in [1.29, 1.82) is 0 Å². The Kier molecular flexibility index (Phi) is 5.72. The molecule has 0 aliphatic carbocycles. The lowest BCUT2D eigenvalue weighted by molar-refractivity contribution is 0.105. The maximum Gasteiger partial charge on any atom is 0.319 e. The van der Waals surface area contributed by atoms with Gasteiger partial charge in [-0.1, -0.05) is 17.7 Å². The van der Waals surface area contributed by atoms with Crippen LogP contribution in [0.15, 0.2) is 24.4 Å². The molecule has 2 aromatic heterocycles. The standard InChI is InChI=1S/C28H31ClFN7O/c1-16-3-4-21-19(12-32-35-21)22(16)23-20(29)11-18-25(24(23)30)33-27(38-17-5-9-36(2)10-6-17)34-26(18)37-14-28(15-37)7-8-31-13-28/h3-4,11-12,17,31H,5-10,13-15H2,1-2H3,(H,32,35). The van der Waals surface area contributed by atoms with Crippen LogP contribution in [0.25, 0.3) is 32.9 Å². The first-order chi connectivity index (χ1) is 18.4. The monoisotopic (exact) mass is 535 g/mol. The summed E-state index contributed by atoms with van der Waals surface area (Å²) >= 11 is 6.86. The van der Waals surface area contributed by atoms with Crippen LogP contribution in [0.4, 0.5) is 10.2 Å². The second-order valence-corrected chi connectivity index (χ2v) is 11.7. The van der Waals surface area contributed by atoms with Crippen molar-refractivity contribution in [1.82, 2.24) is 30.4 Å². The van der Waals surface area contributed by atoms with Crippen molar-refractivity contribution in [3.8, 4) is 17.1 Å². The van der Waals surface area contributed by atoms with E-state index in [1.165, 1.54) is 0 Å². The van der Waals surface area contributed by atoms with E-state index >= 15 is 4.39 Å². The summed E-state index contributed by atoms with van der Waals surface area (Å²) in [6, 6.07) is 5.95. The molecule has 3 saturated heterocycles. The number of anilines is 1. The number of H-pyrrole nitrogens is 1. The molecule has 0 unspecified atom stereocenters. The Morgan fingerprint density at radius 1 is 1.13 bits per heavy atom. The molecule has 38 heavy (non-hydrogen) atoms. The number of nitrogens with one attached hydrogen (secondary N) is 2. The molecule has 0 amide bonds. The maximum absolute atomic E-state index is 16.6. The number of nitrogens with zero attached hydrogens (tertiary/aromatic N) is 5. The highest BCUT2D eigenvalue weighted by atomic mass is 35.5. The molecule has 2 aromatic carbocycles. The predicted molar refractivity (Wildman–Crippen MR) is 148 cm³/mol. The number of fused-ring (bicyclic) bond motifs is 2. The summed E-state index contributed by atoms with van der Waals surface area (Å²) in [7, 11) is 2.11. The number of benzene rings is 2. The number of ether oxygens (including phenoxy) is 1. The Labute approximate surface area is 225 Å². The Balaban J connectivity index is 1.37. The largest absolute Gasteiger partial charge is 0.460 e. The molecule has 10 heteroatoms. The van der Waals surface area contributed by atoms with E-state index in [1.807, 2.05) is 25.1 Å². The highest BCUT2D eigenvalue weighted by Gasteiger charge is 2.46. The summed E-state index contributed by atoms with van der Waals surface area (Å²) in [5.41, 5.74) is 3.28. The Bertz CT molecular complexity index is 1530. The average molecular weight is 536 g/mol. The van der Waals surface area contributed by atoms with Crippen molar-refractivity contribution in [2.24, 2.45) is 5.41 Å². The Hall–Kier alpha value is -3.01. The maximum atomic E-state index is 16.6. The zero-order chi connectivity index (χ0) is 26.0. The van der Waals surface area contributed by atoms with Gasteiger partial charge >= 0.3 is 6.01 Å². The van der Waals surface area contributed by atoms with Crippen molar-refractivity contribution in [3.63, 3.8) is 0 Å². The molecule has 3 aliphatic rings. The van der Waals surface area contributed by atoms with Gasteiger partial charge < -0.3 is 19.9 Å². The molecule has 3 fully saturated rings. The minimum absolute atomic E-state index is 0.00928. The summed E-state index contributed by atoms with van der Waals surface area (Å²) in [4.78, 5) is 14.0. The SMILES string of the molecule is Cc1ccc2[nH]ncc2c1-c1c(Cl)cc2c(N3CC4(CCNC4)C3)nc(OC3CCN(C)CC3)nc2c1F. The Morgan fingerprint density at radius 2 is 1.95 bits per heavy atom. The van der Waals surface area contributed by atoms with Gasteiger partial charge in [0.25, 0.3) is 0 Å². The molecule has 3 aliphatic heterocycles. The van der Waals surface area contributed by atoms with Gasteiger partial charge in [-0.25, -0.2) is 4.39 Å². The van der Waals surface area contributed by atoms with Crippen molar-refractivity contribution in [2.45, 2.75) is 32.3 Å². The van der Waals surface area contributed by atoms with Crippen molar-refractivity contribution >= 4 is 39.2 Å². The predicted octanol–water partition coefficient (Wildman–Crippen LogP) is 4.55. The van der Waals surface area contributed by atoms with Crippen LogP contribution < -0.4 is 15.0 Å². The molecule has 8 nitrogen and oxygen atoms in total. The van der Waals surface area contributed by atoms with Crippen LogP contribution in [0.1, 0.15) is 24.8 Å². The van der Waals surface area contributed by atoms with Gasteiger partial charge in [-0.3, -0.25) is 5.10 Å². The highest BCUT2D eigenvalue weighted by molar-refractivity contribution is 6.35. The zero-order valence-electron chi connectivity index (χ0n) is 21.7. The molecule has 198 valence electrons. The normalized spacial score (nSPS) is 20.1. The minimum atomic E-state index is -0.459. The van der Waals surface area contributed by atoms with Crippen LogP contribution in [-0.2, 0) is 0 Å². The molecule has 0 atom stereocenters. The topological polar surface area (TPSA) is 82.2 Å². The Morgan fingerprint density at radius 3 is 2.71 bits per heavy atom. The molecular formula is C28H31ClFN7O. The van der Waals surface area contributed by atoms with Crippen molar-refractivity contribution < 1.29 is 9.13 Å². The van der Waals surface area contributed by atoms with E-state index in [-0.39, 0.29) is 23.0 Å². The second kappa shape index (κ2) is 9.03. The number of rotatable bonds is 4. The molecular weight excluding hydrogens is 505 g/mol. The van der Waals surface area contributed by atoms with Crippen LogP contribution in [0.5, 0.6) is 6.01 Å². The first kappa shape index (κ1) is 24.1. The smallest absolute Gasteiger partial charge is 0.319 e. The third-order valence-electron chi connectivity index (χ3n) is 8.55. The van der Waals surface area contributed by atoms with Gasteiger partial charge in [-0.15, -0.1) is 0 Å². The number of hydrogen-bond donors (Lipinski definition) is 2. The number of hydrogen-bond acceptors (Lipinski definition) is 7. The van der Waals surface area contributed by atoms with E-state index in [9.17, 15) is 0 Å². The summed E-state index contributed by atoms with van der Waals surface area (Å²) in [6.07, 6.45) is 4.64. The lowest BCUT2D eigenvalue weighted by Crippen LogP contribution is -2.58. The summed E-state index contributed by atoms with van der Waals surface area (Å²) in [5.74, 6) is 0.236. The third-order valence-corrected chi connectivity index (χ3v) is 8.84. The molecule has 4 aromatic rings. The van der Waals surface area contributed by atoms with Gasteiger partial charge in [0.1, 0.15) is 17.4 Å². The van der Waals surface area contributed by atoms with Crippen LogP contribution in [0.2, 0.25) is 5.02 Å². The zero-order valence-corrected chi connectivity index (χ0v) is 22.4. The number of halogens is 2. The quantitative estimate of drug-likeness (QED) is 0.397. The fraction of sp³-hybridized carbons (Fsp3) is 0.464. The van der Waals surface area contributed by atoms with Crippen LogP contribution in [0, 0.1) is 18.2 Å². The number of aryl methyl sites for hydroxylation is 1. The first-order valence-corrected chi connectivity index (χ1v) is 13.7. The van der Waals surface area contributed by atoms with Crippen molar-refractivity contribution in [2.75, 3.05) is 51.2 Å². The van der Waals surface area contributed by atoms with Gasteiger partial charge in [0, 0.05) is 60.0 Å². The van der Waals surface area contributed by atoms with E-state index < -0.39 is 5.82 Å². The number of piperidine rings is 1. The third kappa shape index (κ3) is 3.90. The van der Waals surface area contributed by atoms with Gasteiger partial charge in [0.05, 0.1) is 16.7 Å². The molecule has 7 rings (SSSR count).